The highest BCUT2D eigenvalue weighted by atomic mass is 32.2. The molecule has 2 amide bonds. The molecule has 0 radical (unpaired) electrons. The Morgan fingerprint density at radius 2 is 1.79 bits per heavy atom. The van der Waals surface area contributed by atoms with Crippen LogP contribution in [0.4, 0.5) is 23.0 Å². The first kappa shape index (κ1) is 17.5. The third kappa shape index (κ3) is 5.13. The molecule has 1 heterocycles. The van der Waals surface area contributed by atoms with Gasteiger partial charge in [-0.2, -0.15) is 0 Å². The van der Waals surface area contributed by atoms with Gasteiger partial charge in [0.05, 0.1) is 5.75 Å². The van der Waals surface area contributed by atoms with Crippen molar-refractivity contribution in [2.24, 2.45) is 0 Å². The van der Waals surface area contributed by atoms with E-state index in [9.17, 15) is 9.59 Å². The van der Waals surface area contributed by atoms with E-state index in [-0.39, 0.29) is 29.2 Å². The van der Waals surface area contributed by atoms with Crippen molar-refractivity contribution in [2.45, 2.75) is 19.0 Å². The van der Waals surface area contributed by atoms with Gasteiger partial charge in [0.1, 0.15) is 11.6 Å². The highest BCUT2D eigenvalue weighted by molar-refractivity contribution is 7.99. The first-order valence-corrected chi connectivity index (χ1v) is 8.03. The monoisotopic (exact) mass is 346 g/mol. The van der Waals surface area contributed by atoms with E-state index in [1.54, 1.807) is 18.2 Å². The number of nitrogens with two attached hydrogens (primary N) is 2. The molecular weight excluding hydrogens is 328 g/mol. The van der Waals surface area contributed by atoms with E-state index in [4.69, 9.17) is 11.5 Å². The number of aromatic nitrogens is 2. The third-order valence-electron chi connectivity index (χ3n) is 2.90. The minimum atomic E-state index is -0.212. The summed E-state index contributed by atoms with van der Waals surface area (Å²) in [5.41, 5.74) is 13.4. The second kappa shape index (κ2) is 7.64. The van der Waals surface area contributed by atoms with Crippen LogP contribution in [0.2, 0.25) is 0 Å². The highest BCUT2D eigenvalue weighted by Gasteiger charge is 2.08. The Hall–Kier alpha value is -2.81. The molecule has 8 nitrogen and oxygen atoms in total. The van der Waals surface area contributed by atoms with Crippen molar-refractivity contribution in [3.05, 3.63) is 29.8 Å². The number of carbonyl (C=O) groups is 2. The Kier molecular flexibility index (Phi) is 5.59. The fourth-order valence-corrected chi connectivity index (χ4v) is 2.60. The first-order valence-electron chi connectivity index (χ1n) is 7.04. The van der Waals surface area contributed by atoms with Gasteiger partial charge in [0.2, 0.25) is 11.8 Å². The molecule has 0 aliphatic rings. The second-order valence-electron chi connectivity index (χ2n) is 5.05. The molecule has 1 aromatic heterocycles. The molecule has 0 aliphatic heterocycles. The summed E-state index contributed by atoms with van der Waals surface area (Å²) in [7, 11) is 0. The number of carbonyl (C=O) groups excluding carboxylic acids is 2. The zero-order valence-corrected chi connectivity index (χ0v) is 14.1. The van der Waals surface area contributed by atoms with Crippen molar-refractivity contribution in [3.8, 4) is 0 Å². The average Bonchev–Trinajstić information content (AvgIpc) is 2.47. The Balaban J connectivity index is 1.94. The fraction of sp³-hybridized carbons (Fsp3) is 0.200. The van der Waals surface area contributed by atoms with Crippen molar-refractivity contribution < 1.29 is 9.59 Å². The van der Waals surface area contributed by atoms with Crippen LogP contribution >= 0.6 is 11.8 Å². The van der Waals surface area contributed by atoms with Gasteiger partial charge in [-0.15, -0.1) is 0 Å². The van der Waals surface area contributed by atoms with Gasteiger partial charge in [-0.05, 0) is 30.7 Å². The summed E-state index contributed by atoms with van der Waals surface area (Å²) in [6.07, 6.45) is 0. The SMILES string of the molecule is CC(=O)Nc1ccc(NC(=O)CSc2nc(N)cc(N)n2)cc1C. The van der Waals surface area contributed by atoms with Crippen LogP contribution in [0.1, 0.15) is 12.5 Å². The summed E-state index contributed by atoms with van der Waals surface area (Å²) >= 11 is 1.14. The molecule has 0 unspecified atom stereocenters. The van der Waals surface area contributed by atoms with Crippen LogP contribution in [-0.2, 0) is 9.59 Å². The lowest BCUT2D eigenvalue weighted by Crippen LogP contribution is -2.15. The Morgan fingerprint density at radius 1 is 1.12 bits per heavy atom. The topological polar surface area (TPSA) is 136 Å². The number of nitrogens with one attached hydrogen (secondary N) is 2. The van der Waals surface area contributed by atoms with E-state index in [1.807, 2.05) is 6.92 Å². The van der Waals surface area contributed by atoms with Crippen LogP contribution in [0.25, 0.3) is 0 Å². The molecule has 1 aromatic carbocycles. The molecular formula is C15H18N6O2S. The third-order valence-corrected chi connectivity index (χ3v) is 3.75. The Bertz CT molecular complexity index is 760. The molecule has 24 heavy (non-hydrogen) atoms. The maximum Gasteiger partial charge on any atom is 0.234 e. The van der Waals surface area contributed by atoms with Crippen molar-refractivity contribution >= 4 is 46.6 Å². The fourth-order valence-electron chi connectivity index (χ4n) is 1.92. The highest BCUT2D eigenvalue weighted by Crippen LogP contribution is 2.21. The number of thioether (sulfide) groups is 1. The number of hydrogen-bond acceptors (Lipinski definition) is 7. The molecule has 2 rings (SSSR count). The molecule has 0 bridgehead atoms. The van der Waals surface area contributed by atoms with E-state index in [2.05, 4.69) is 20.6 Å². The van der Waals surface area contributed by atoms with E-state index >= 15 is 0 Å². The molecule has 0 atom stereocenters. The number of benzene rings is 1. The number of anilines is 4. The van der Waals surface area contributed by atoms with Crippen LogP contribution in [0, 0.1) is 6.92 Å². The number of nitrogens with zero attached hydrogens (tertiary/aromatic N) is 2. The Labute approximate surface area is 143 Å². The van der Waals surface area contributed by atoms with Crippen molar-refractivity contribution in [3.63, 3.8) is 0 Å². The summed E-state index contributed by atoms with van der Waals surface area (Å²) in [5, 5.41) is 5.83. The van der Waals surface area contributed by atoms with E-state index in [0.717, 1.165) is 17.3 Å². The maximum atomic E-state index is 12.0. The normalized spacial score (nSPS) is 10.2. The lowest BCUT2D eigenvalue weighted by atomic mass is 10.1. The van der Waals surface area contributed by atoms with E-state index in [0.29, 0.717) is 16.5 Å². The molecule has 0 fully saturated rings. The maximum absolute atomic E-state index is 12.0. The smallest absolute Gasteiger partial charge is 0.234 e. The molecule has 0 spiro atoms. The lowest BCUT2D eigenvalue weighted by molar-refractivity contribution is -0.114. The predicted molar refractivity (Wildman–Crippen MR) is 95.7 cm³/mol. The van der Waals surface area contributed by atoms with Crippen LogP contribution in [0.5, 0.6) is 0 Å². The van der Waals surface area contributed by atoms with Gasteiger partial charge in [-0.25, -0.2) is 9.97 Å². The van der Waals surface area contributed by atoms with E-state index < -0.39 is 0 Å². The largest absolute Gasteiger partial charge is 0.383 e. The molecule has 9 heteroatoms. The molecule has 0 aliphatic carbocycles. The van der Waals surface area contributed by atoms with Crippen LogP contribution in [0.15, 0.2) is 29.4 Å². The Morgan fingerprint density at radius 3 is 2.38 bits per heavy atom. The van der Waals surface area contributed by atoms with E-state index in [1.165, 1.54) is 13.0 Å². The number of aryl methyl sites for hydroxylation is 1. The summed E-state index contributed by atoms with van der Waals surface area (Å²) in [6.45, 7) is 3.29. The van der Waals surface area contributed by atoms with Crippen LogP contribution in [0.3, 0.4) is 0 Å². The lowest BCUT2D eigenvalue weighted by Gasteiger charge is -2.10. The van der Waals surface area contributed by atoms with Gasteiger partial charge < -0.3 is 22.1 Å². The summed E-state index contributed by atoms with van der Waals surface area (Å²) in [4.78, 5) is 31.1. The summed E-state index contributed by atoms with van der Waals surface area (Å²) in [6, 6.07) is 6.68. The second-order valence-corrected chi connectivity index (χ2v) is 5.99. The quantitative estimate of drug-likeness (QED) is 0.477. The zero-order valence-electron chi connectivity index (χ0n) is 13.3. The van der Waals surface area contributed by atoms with Crippen molar-refractivity contribution in [1.82, 2.24) is 9.97 Å². The minimum absolute atomic E-state index is 0.120. The summed E-state index contributed by atoms with van der Waals surface area (Å²) < 4.78 is 0. The van der Waals surface area contributed by atoms with Gasteiger partial charge in [-0.3, -0.25) is 9.59 Å². The number of amides is 2. The standard InChI is InChI=1S/C15H18N6O2S/c1-8-5-10(3-4-11(8)18-9(2)22)19-14(23)7-24-15-20-12(16)6-13(17)21-15/h3-6H,7H2,1-2H3,(H,18,22)(H,19,23)(H4,16,17,20,21). The van der Waals surface area contributed by atoms with Gasteiger partial charge in [0, 0.05) is 24.4 Å². The number of hydrogen-bond donors (Lipinski definition) is 4. The average molecular weight is 346 g/mol. The van der Waals surface area contributed by atoms with Crippen molar-refractivity contribution in [2.75, 3.05) is 27.9 Å². The molecule has 0 saturated carbocycles. The van der Waals surface area contributed by atoms with Gasteiger partial charge in [-0.1, -0.05) is 11.8 Å². The van der Waals surface area contributed by atoms with Crippen LogP contribution < -0.4 is 22.1 Å². The molecule has 6 N–H and O–H groups in total. The zero-order chi connectivity index (χ0) is 17.7. The van der Waals surface area contributed by atoms with Crippen LogP contribution in [-0.4, -0.2) is 27.5 Å². The van der Waals surface area contributed by atoms with Gasteiger partial charge in [0.15, 0.2) is 5.16 Å². The van der Waals surface area contributed by atoms with Crippen molar-refractivity contribution in [1.29, 1.82) is 0 Å². The van der Waals surface area contributed by atoms with Gasteiger partial charge >= 0.3 is 0 Å². The molecule has 126 valence electrons. The van der Waals surface area contributed by atoms with Gasteiger partial charge in [0.25, 0.3) is 0 Å². The predicted octanol–water partition coefficient (Wildman–Crippen LogP) is 1.64. The first-order chi connectivity index (χ1) is 11.3. The summed E-state index contributed by atoms with van der Waals surface area (Å²) in [5.74, 6) is 0.281. The number of rotatable bonds is 5. The minimum Gasteiger partial charge on any atom is -0.383 e. The molecule has 0 saturated heterocycles. The number of nitrogen functional groups attached to an aromatic ring is 2. The molecule has 2 aromatic rings.